The highest BCUT2D eigenvalue weighted by molar-refractivity contribution is 6.05. The first-order chi connectivity index (χ1) is 10.1. The zero-order chi connectivity index (χ0) is 15.2. The van der Waals surface area contributed by atoms with Crippen LogP contribution in [0.5, 0.6) is 5.75 Å². The molecule has 0 spiro atoms. The molecule has 0 saturated heterocycles. The Morgan fingerprint density at radius 2 is 1.71 bits per heavy atom. The molecule has 2 rings (SSSR count). The molecule has 0 aromatic heterocycles. The van der Waals surface area contributed by atoms with Crippen LogP contribution in [0.4, 0.5) is 4.39 Å². The van der Waals surface area contributed by atoms with Gasteiger partial charge in [0.15, 0.2) is 5.78 Å². The Hall–Kier alpha value is -2.88. The van der Waals surface area contributed by atoms with Crippen molar-refractivity contribution < 1.29 is 19.4 Å². The van der Waals surface area contributed by atoms with Crippen molar-refractivity contribution >= 4 is 17.6 Å². The average molecular weight is 284 g/mol. The van der Waals surface area contributed by atoms with E-state index in [9.17, 15) is 19.4 Å². The Bertz CT molecular complexity index is 700. The number of carbonyl (C=O) groups is 1. The Balaban J connectivity index is 2.12. The average Bonchev–Trinajstić information content (AvgIpc) is 2.47. The first-order valence-electron chi connectivity index (χ1n) is 6.23. The Morgan fingerprint density at radius 3 is 2.38 bits per heavy atom. The quantitative estimate of drug-likeness (QED) is 0.664. The van der Waals surface area contributed by atoms with Crippen molar-refractivity contribution in [3.05, 3.63) is 77.6 Å². The topological polar surface area (TPSA) is 57.5 Å². The van der Waals surface area contributed by atoms with Crippen LogP contribution in [0.2, 0.25) is 0 Å². The molecule has 0 radical (unpaired) electrons. The van der Waals surface area contributed by atoms with Gasteiger partial charge in [-0.15, -0.1) is 0 Å². The van der Waals surface area contributed by atoms with E-state index in [4.69, 9.17) is 0 Å². The summed E-state index contributed by atoms with van der Waals surface area (Å²) in [6, 6.07) is 11.8. The number of rotatable bonds is 4. The lowest BCUT2D eigenvalue weighted by Gasteiger charge is -2.01. The van der Waals surface area contributed by atoms with Gasteiger partial charge in [-0.05, 0) is 35.9 Å². The molecule has 106 valence electrons. The molecule has 3 nitrogen and oxygen atoms in total. The minimum Gasteiger partial charge on any atom is -0.507 e. The summed E-state index contributed by atoms with van der Waals surface area (Å²) in [5, 5.41) is 19.4. The molecule has 2 aromatic carbocycles. The van der Waals surface area contributed by atoms with E-state index in [1.807, 2.05) is 0 Å². The molecule has 0 heterocycles. The van der Waals surface area contributed by atoms with Crippen molar-refractivity contribution in [2.45, 2.75) is 0 Å². The van der Waals surface area contributed by atoms with Gasteiger partial charge in [0.2, 0.25) is 0 Å². The summed E-state index contributed by atoms with van der Waals surface area (Å²) in [7, 11) is 0. The van der Waals surface area contributed by atoms with Crippen LogP contribution in [-0.4, -0.2) is 16.0 Å². The second-order valence-electron chi connectivity index (χ2n) is 4.33. The summed E-state index contributed by atoms with van der Waals surface area (Å²) in [6.07, 6.45) is 3.77. The first-order valence-corrected chi connectivity index (χ1v) is 6.23. The zero-order valence-electron chi connectivity index (χ0n) is 11.0. The van der Waals surface area contributed by atoms with Crippen molar-refractivity contribution in [1.82, 2.24) is 0 Å². The number of benzene rings is 2. The molecule has 2 aromatic rings. The number of ketones is 1. The van der Waals surface area contributed by atoms with Crippen LogP contribution in [0, 0.1) is 5.82 Å². The number of halogens is 1. The summed E-state index contributed by atoms with van der Waals surface area (Å²) < 4.78 is 12.7. The SMILES string of the molecule is O=C(/C=C(\O)c1ccccc1O)/C=C/c1ccc(F)cc1. The number of hydrogen-bond donors (Lipinski definition) is 2. The van der Waals surface area contributed by atoms with E-state index in [0.717, 1.165) is 6.08 Å². The highest BCUT2D eigenvalue weighted by Gasteiger charge is 2.05. The number of phenolic OH excluding ortho intramolecular Hbond substituents is 1. The summed E-state index contributed by atoms with van der Waals surface area (Å²) in [6.45, 7) is 0. The molecule has 2 N–H and O–H groups in total. The number of para-hydroxylation sites is 1. The number of phenols is 1. The monoisotopic (exact) mass is 284 g/mol. The lowest BCUT2D eigenvalue weighted by molar-refractivity contribution is -0.110. The van der Waals surface area contributed by atoms with Gasteiger partial charge < -0.3 is 10.2 Å². The van der Waals surface area contributed by atoms with Crippen LogP contribution in [0.3, 0.4) is 0 Å². The Labute approximate surface area is 121 Å². The molecule has 4 heteroatoms. The van der Waals surface area contributed by atoms with Gasteiger partial charge in [-0.3, -0.25) is 4.79 Å². The van der Waals surface area contributed by atoms with Gasteiger partial charge in [0, 0.05) is 6.08 Å². The van der Waals surface area contributed by atoms with E-state index in [1.54, 1.807) is 12.1 Å². The van der Waals surface area contributed by atoms with E-state index in [2.05, 4.69) is 0 Å². The molecule has 0 aliphatic carbocycles. The van der Waals surface area contributed by atoms with Crippen molar-refractivity contribution in [3.63, 3.8) is 0 Å². The fourth-order valence-corrected chi connectivity index (χ4v) is 1.70. The van der Waals surface area contributed by atoms with Crippen LogP contribution in [-0.2, 0) is 4.79 Å². The molecule has 0 bridgehead atoms. The van der Waals surface area contributed by atoms with Crippen molar-refractivity contribution in [3.8, 4) is 5.75 Å². The molecule has 0 atom stereocenters. The summed E-state index contributed by atoms with van der Waals surface area (Å²) in [5.74, 6) is -1.22. The maximum atomic E-state index is 12.7. The number of allylic oxidation sites excluding steroid dienone is 2. The van der Waals surface area contributed by atoms with Crippen molar-refractivity contribution in [2.75, 3.05) is 0 Å². The lowest BCUT2D eigenvalue weighted by atomic mass is 10.1. The van der Waals surface area contributed by atoms with Crippen LogP contribution in [0.25, 0.3) is 11.8 Å². The normalized spacial score (nSPS) is 11.8. The van der Waals surface area contributed by atoms with Crippen LogP contribution in [0.15, 0.2) is 60.7 Å². The van der Waals surface area contributed by atoms with E-state index in [0.29, 0.717) is 5.56 Å². The minimum absolute atomic E-state index is 0.110. The third kappa shape index (κ3) is 4.04. The Kier molecular flexibility index (Phi) is 4.51. The fraction of sp³-hybridized carbons (Fsp3) is 0. The molecular formula is C17H13FO3. The first kappa shape index (κ1) is 14.5. The van der Waals surface area contributed by atoms with E-state index in [-0.39, 0.29) is 22.9 Å². The van der Waals surface area contributed by atoms with Crippen LogP contribution < -0.4 is 0 Å². The second kappa shape index (κ2) is 6.52. The van der Waals surface area contributed by atoms with E-state index >= 15 is 0 Å². The molecule has 0 amide bonds. The summed E-state index contributed by atoms with van der Waals surface area (Å²) in [5.41, 5.74) is 0.848. The molecule has 0 saturated carbocycles. The van der Waals surface area contributed by atoms with Gasteiger partial charge in [0.1, 0.15) is 17.3 Å². The van der Waals surface area contributed by atoms with Gasteiger partial charge in [-0.1, -0.05) is 30.3 Å². The molecule has 0 aliphatic rings. The van der Waals surface area contributed by atoms with Gasteiger partial charge in [-0.2, -0.15) is 0 Å². The van der Waals surface area contributed by atoms with Crippen LogP contribution in [0.1, 0.15) is 11.1 Å². The number of hydrogen-bond acceptors (Lipinski definition) is 3. The number of aliphatic hydroxyl groups excluding tert-OH is 1. The number of aromatic hydroxyl groups is 1. The van der Waals surface area contributed by atoms with Gasteiger partial charge >= 0.3 is 0 Å². The number of carbonyl (C=O) groups excluding carboxylic acids is 1. The number of aliphatic hydroxyl groups is 1. The third-order valence-corrected chi connectivity index (χ3v) is 2.77. The van der Waals surface area contributed by atoms with Crippen molar-refractivity contribution in [1.29, 1.82) is 0 Å². The van der Waals surface area contributed by atoms with Crippen LogP contribution >= 0.6 is 0 Å². The third-order valence-electron chi connectivity index (χ3n) is 2.77. The molecule has 0 aliphatic heterocycles. The second-order valence-corrected chi connectivity index (χ2v) is 4.33. The lowest BCUT2D eigenvalue weighted by Crippen LogP contribution is -1.91. The molecule has 0 fully saturated rings. The van der Waals surface area contributed by atoms with Gasteiger partial charge in [-0.25, -0.2) is 4.39 Å². The predicted molar refractivity (Wildman–Crippen MR) is 79.2 cm³/mol. The predicted octanol–water partition coefficient (Wildman–Crippen LogP) is 3.71. The van der Waals surface area contributed by atoms with E-state index < -0.39 is 5.78 Å². The largest absolute Gasteiger partial charge is 0.507 e. The smallest absolute Gasteiger partial charge is 0.182 e. The molecule has 0 unspecified atom stereocenters. The van der Waals surface area contributed by atoms with Crippen molar-refractivity contribution in [2.24, 2.45) is 0 Å². The standard InChI is InChI=1S/C17H13FO3/c18-13-8-5-12(6-9-13)7-10-14(19)11-17(21)15-3-1-2-4-16(15)20/h1-11,20-21H/b10-7+,17-11-. The molecular weight excluding hydrogens is 271 g/mol. The maximum absolute atomic E-state index is 12.7. The van der Waals surface area contributed by atoms with Gasteiger partial charge in [0.05, 0.1) is 5.56 Å². The summed E-state index contributed by atoms with van der Waals surface area (Å²) in [4.78, 5) is 11.7. The minimum atomic E-state index is -0.444. The van der Waals surface area contributed by atoms with E-state index in [1.165, 1.54) is 48.6 Å². The maximum Gasteiger partial charge on any atom is 0.182 e. The summed E-state index contributed by atoms with van der Waals surface area (Å²) >= 11 is 0. The highest BCUT2D eigenvalue weighted by atomic mass is 19.1. The molecule has 21 heavy (non-hydrogen) atoms. The van der Waals surface area contributed by atoms with Gasteiger partial charge in [0.25, 0.3) is 0 Å². The Morgan fingerprint density at radius 1 is 1.05 bits per heavy atom. The fourth-order valence-electron chi connectivity index (χ4n) is 1.70. The zero-order valence-corrected chi connectivity index (χ0v) is 11.0. The highest BCUT2D eigenvalue weighted by Crippen LogP contribution is 2.22.